The molecule has 26 heavy (non-hydrogen) atoms. The molecule has 1 saturated heterocycles. The van der Waals surface area contributed by atoms with Gasteiger partial charge in [0.25, 0.3) is 0 Å². The van der Waals surface area contributed by atoms with Gasteiger partial charge in [0.2, 0.25) is 11.8 Å². The zero-order valence-corrected chi connectivity index (χ0v) is 15.0. The van der Waals surface area contributed by atoms with Gasteiger partial charge >= 0.3 is 5.97 Å². The summed E-state index contributed by atoms with van der Waals surface area (Å²) in [5, 5.41) is 11.7. The lowest BCUT2D eigenvalue weighted by atomic mass is 10.1. The SMILES string of the molecule is C/C=C/CC(NC(=O)C1CC(=O)N(Cc2ccc(OC)cc2)C1)C(=O)O. The Labute approximate surface area is 152 Å². The third kappa shape index (κ3) is 5.08. The van der Waals surface area contributed by atoms with Crippen molar-refractivity contribution in [2.75, 3.05) is 13.7 Å². The molecule has 140 valence electrons. The molecule has 0 bridgehead atoms. The van der Waals surface area contributed by atoms with Crippen molar-refractivity contribution >= 4 is 17.8 Å². The first kappa shape index (κ1) is 19.5. The molecule has 7 heteroatoms. The zero-order chi connectivity index (χ0) is 19.1. The first-order chi connectivity index (χ1) is 12.4. The number of aliphatic carboxylic acids is 1. The van der Waals surface area contributed by atoms with E-state index in [1.54, 1.807) is 31.1 Å². The molecule has 0 spiro atoms. The van der Waals surface area contributed by atoms with E-state index >= 15 is 0 Å². The number of carbonyl (C=O) groups is 3. The molecule has 0 aliphatic carbocycles. The third-order valence-corrected chi connectivity index (χ3v) is 4.34. The lowest BCUT2D eigenvalue weighted by Crippen LogP contribution is -2.44. The number of benzene rings is 1. The minimum Gasteiger partial charge on any atom is -0.497 e. The van der Waals surface area contributed by atoms with Crippen LogP contribution >= 0.6 is 0 Å². The molecule has 0 saturated carbocycles. The Kier molecular flexibility index (Phi) is 6.77. The highest BCUT2D eigenvalue weighted by Crippen LogP contribution is 2.21. The number of nitrogens with one attached hydrogen (secondary N) is 1. The molecule has 2 unspecified atom stereocenters. The van der Waals surface area contributed by atoms with Crippen molar-refractivity contribution in [1.82, 2.24) is 10.2 Å². The average molecular weight is 360 g/mol. The number of amides is 2. The average Bonchev–Trinajstić information content (AvgIpc) is 2.99. The van der Waals surface area contributed by atoms with Crippen LogP contribution in [0.4, 0.5) is 0 Å². The Morgan fingerprint density at radius 2 is 2.08 bits per heavy atom. The van der Waals surface area contributed by atoms with Gasteiger partial charge in [0.05, 0.1) is 13.0 Å². The Balaban J connectivity index is 1.94. The van der Waals surface area contributed by atoms with Crippen LogP contribution in [0.2, 0.25) is 0 Å². The number of likely N-dealkylation sites (tertiary alicyclic amines) is 1. The lowest BCUT2D eigenvalue weighted by Gasteiger charge is -2.18. The minimum absolute atomic E-state index is 0.0952. The fourth-order valence-electron chi connectivity index (χ4n) is 2.84. The molecular formula is C19H24N2O5. The first-order valence-corrected chi connectivity index (χ1v) is 8.49. The predicted octanol–water partition coefficient (Wildman–Crippen LogP) is 1.58. The summed E-state index contributed by atoms with van der Waals surface area (Å²) in [5.74, 6) is -1.39. The van der Waals surface area contributed by atoms with Gasteiger partial charge in [-0.3, -0.25) is 9.59 Å². The molecule has 1 aliphatic rings. The normalized spacial score (nSPS) is 18.2. The molecule has 2 rings (SSSR count). The highest BCUT2D eigenvalue weighted by atomic mass is 16.5. The molecular weight excluding hydrogens is 336 g/mol. The van der Waals surface area contributed by atoms with Gasteiger partial charge in [0.1, 0.15) is 11.8 Å². The van der Waals surface area contributed by atoms with Crippen LogP contribution in [0.3, 0.4) is 0 Å². The van der Waals surface area contributed by atoms with Crippen LogP contribution in [0.15, 0.2) is 36.4 Å². The predicted molar refractivity (Wildman–Crippen MR) is 95.5 cm³/mol. The third-order valence-electron chi connectivity index (χ3n) is 4.34. The quantitative estimate of drug-likeness (QED) is 0.686. The van der Waals surface area contributed by atoms with E-state index in [0.717, 1.165) is 11.3 Å². The highest BCUT2D eigenvalue weighted by molar-refractivity contribution is 5.91. The van der Waals surface area contributed by atoms with E-state index in [2.05, 4.69) is 5.32 Å². The summed E-state index contributed by atoms with van der Waals surface area (Å²) in [6, 6.07) is 6.40. The summed E-state index contributed by atoms with van der Waals surface area (Å²) >= 11 is 0. The van der Waals surface area contributed by atoms with Gasteiger partial charge in [-0.2, -0.15) is 0 Å². The maximum absolute atomic E-state index is 12.4. The summed E-state index contributed by atoms with van der Waals surface area (Å²) in [5.41, 5.74) is 0.941. The number of methoxy groups -OCH3 is 1. The van der Waals surface area contributed by atoms with E-state index < -0.39 is 23.8 Å². The molecule has 1 fully saturated rings. The maximum Gasteiger partial charge on any atom is 0.326 e. The second-order valence-electron chi connectivity index (χ2n) is 6.23. The molecule has 0 aromatic heterocycles. The molecule has 2 amide bonds. The number of hydrogen-bond acceptors (Lipinski definition) is 4. The molecule has 0 radical (unpaired) electrons. The smallest absolute Gasteiger partial charge is 0.326 e. The van der Waals surface area contributed by atoms with Crippen molar-refractivity contribution in [2.45, 2.75) is 32.4 Å². The van der Waals surface area contributed by atoms with Crippen molar-refractivity contribution in [3.05, 3.63) is 42.0 Å². The van der Waals surface area contributed by atoms with Crippen LogP contribution in [-0.4, -0.2) is 47.5 Å². The van der Waals surface area contributed by atoms with Crippen molar-refractivity contribution in [3.63, 3.8) is 0 Å². The minimum atomic E-state index is -1.09. The number of carbonyl (C=O) groups excluding carboxylic acids is 2. The standard InChI is InChI=1S/C19H24N2O5/c1-3-4-5-16(19(24)25)20-18(23)14-10-17(22)21(12-14)11-13-6-8-15(26-2)9-7-13/h3-4,6-9,14,16H,5,10-12H2,1-2H3,(H,20,23)(H,24,25)/b4-3+. The van der Waals surface area contributed by atoms with Crippen LogP contribution in [0.5, 0.6) is 5.75 Å². The van der Waals surface area contributed by atoms with E-state index in [9.17, 15) is 19.5 Å². The van der Waals surface area contributed by atoms with Gasteiger partial charge in [-0.15, -0.1) is 0 Å². The van der Waals surface area contributed by atoms with E-state index in [4.69, 9.17) is 4.74 Å². The molecule has 1 aromatic rings. The van der Waals surface area contributed by atoms with Crippen LogP contribution in [-0.2, 0) is 20.9 Å². The highest BCUT2D eigenvalue weighted by Gasteiger charge is 2.35. The summed E-state index contributed by atoms with van der Waals surface area (Å²) in [6.45, 7) is 2.48. The number of hydrogen-bond donors (Lipinski definition) is 2. The van der Waals surface area contributed by atoms with Crippen molar-refractivity contribution in [1.29, 1.82) is 0 Å². The Morgan fingerprint density at radius 3 is 2.65 bits per heavy atom. The Hall–Kier alpha value is -2.83. The summed E-state index contributed by atoms with van der Waals surface area (Å²) in [6.07, 6.45) is 3.73. The zero-order valence-electron chi connectivity index (χ0n) is 15.0. The van der Waals surface area contributed by atoms with Crippen molar-refractivity contribution in [3.8, 4) is 5.75 Å². The van der Waals surface area contributed by atoms with Gasteiger partial charge < -0.3 is 20.1 Å². The van der Waals surface area contributed by atoms with Crippen LogP contribution in [0, 0.1) is 5.92 Å². The molecule has 2 N–H and O–H groups in total. The van der Waals surface area contributed by atoms with Gasteiger partial charge in [-0.1, -0.05) is 24.3 Å². The number of carboxylic acid groups (broad SMARTS) is 1. The monoisotopic (exact) mass is 360 g/mol. The molecule has 1 aliphatic heterocycles. The number of rotatable bonds is 8. The Bertz CT molecular complexity index is 684. The number of ether oxygens (including phenoxy) is 1. The fourth-order valence-corrected chi connectivity index (χ4v) is 2.84. The van der Waals surface area contributed by atoms with E-state index in [-0.39, 0.29) is 25.3 Å². The van der Waals surface area contributed by atoms with Gasteiger partial charge in [-0.05, 0) is 31.0 Å². The second-order valence-corrected chi connectivity index (χ2v) is 6.23. The van der Waals surface area contributed by atoms with E-state index in [1.165, 1.54) is 0 Å². The maximum atomic E-state index is 12.4. The second kappa shape index (κ2) is 9.03. The molecule has 7 nitrogen and oxygen atoms in total. The topological polar surface area (TPSA) is 95.9 Å². The largest absolute Gasteiger partial charge is 0.497 e. The molecule has 2 atom stereocenters. The lowest BCUT2D eigenvalue weighted by molar-refractivity contribution is -0.142. The summed E-state index contributed by atoms with van der Waals surface area (Å²) in [4.78, 5) is 37.4. The Morgan fingerprint density at radius 1 is 1.38 bits per heavy atom. The van der Waals surface area contributed by atoms with Gasteiger partial charge in [0, 0.05) is 19.5 Å². The van der Waals surface area contributed by atoms with E-state index in [0.29, 0.717) is 6.54 Å². The number of carboxylic acids is 1. The van der Waals surface area contributed by atoms with Crippen LogP contribution in [0.1, 0.15) is 25.3 Å². The summed E-state index contributed by atoms with van der Waals surface area (Å²) in [7, 11) is 1.59. The van der Waals surface area contributed by atoms with Crippen molar-refractivity contribution < 1.29 is 24.2 Å². The first-order valence-electron chi connectivity index (χ1n) is 8.49. The van der Waals surface area contributed by atoms with E-state index in [1.807, 2.05) is 24.3 Å². The molecule has 1 heterocycles. The van der Waals surface area contributed by atoms with Gasteiger partial charge in [-0.25, -0.2) is 4.79 Å². The van der Waals surface area contributed by atoms with Crippen LogP contribution in [0.25, 0.3) is 0 Å². The number of nitrogens with zero attached hydrogens (tertiary/aromatic N) is 1. The molecule has 1 aromatic carbocycles. The van der Waals surface area contributed by atoms with Crippen LogP contribution < -0.4 is 10.1 Å². The number of allylic oxidation sites excluding steroid dienone is 1. The van der Waals surface area contributed by atoms with Gasteiger partial charge in [0.15, 0.2) is 0 Å². The van der Waals surface area contributed by atoms with Crippen molar-refractivity contribution in [2.24, 2.45) is 5.92 Å². The summed E-state index contributed by atoms with van der Waals surface area (Å²) < 4.78 is 5.11. The fraction of sp³-hybridized carbons (Fsp3) is 0.421.